The van der Waals surface area contributed by atoms with E-state index in [1.165, 1.54) is 12.1 Å². The predicted octanol–water partition coefficient (Wildman–Crippen LogP) is 3.47. The van der Waals surface area contributed by atoms with Gasteiger partial charge in [-0.05, 0) is 23.8 Å². The number of ether oxygens (including phenoxy) is 1. The molecule has 2 N–H and O–H groups in total. The summed E-state index contributed by atoms with van der Waals surface area (Å²) in [5.41, 5.74) is 1.62. The van der Waals surface area contributed by atoms with E-state index < -0.39 is 11.9 Å². The molecule has 2 aromatic rings. The molecular weight excluding hydrogens is 293 g/mol. The highest BCUT2D eigenvalue weighted by atomic mass is 35.5. The molecule has 0 bridgehead atoms. The first kappa shape index (κ1) is 15.8. The van der Waals surface area contributed by atoms with Crippen molar-refractivity contribution in [3.8, 4) is 0 Å². The number of rotatable bonds is 7. The number of benzene rings is 2. The molecule has 0 fully saturated rings. The Morgan fingerprint density at radius 1 is 1.19 bits per heavy atom. The van der Waals surface area contributed by atoms with Gasteiger partial charge in [-0.15, -0.1) is 0 Å². The van der Waals surface area contributed by atoms with Crippen molar-refractivity contribution in [2.24, 2.45) is 0 Å². The second-order valence-electron chi connectivity index (χ2n) is 4.66. The summed E-state index contributed by atoms with van der Waals surface area (Å²) in [7, 11) is 0. The second-order valence-corrected chi connectivity index (χ2v) is 5.07. The van der Waals surface area contributed by atoms with Crippen LogP contribution in [0.25, 0.3) is 0 Å². The second kappa shape index (κ2) is 7.98. The molecule has 1 atom stereocenters. The fourth-order valence-electron chi connectivity index (χ4n) is 1.79. The molecule has 2 rings (SSSR count). The lowest BCUT2D eigenvalue weighted by Gasteiger charge is -2.13. The first-order valence-electron chi connectivity index (χ1n) is 6.64. The Morgan fingerprint density at radius 2 is 1.95 bits per heavy atom. The van der Waals surface area contributed by atoms with Crippen LogP contribution in [0.1, 0.15) is 5.56 Å². The van der Waals surface area contributed by atoms with Crippen LogP contribution in [-0.2, 0) is 11.3 Å². The van der Waals surface area contributed by atoms with Crippen LogP contribution in [0.5, 0.6) is 0 Å². The van der Waals surface area contributed by atoms with Gasteiger partial charge in [0.25, 0.3) is 0 Å². The van der Waals surface area contributed by atoms with Gasteiger partial charge < -0.3 is 15.2 Å². The van der Waals surface area contributed by atoms with Crippen LogP contribution in [0.2, 0.25) is 5.02 Å². The SMILES string of the molecule is OC(CNc1ccc(Cl)c(F)c1)COCc1ccccc1. The molecule has 112 valence electrons. The van der Waals surface area contributed by atoms with E-state index in [-0.39, 0.29) is 18.2 Å². The molecular formula is C16H17ClFNO2. The van der Waals surface area contributed by atoms with Crippen LogP contribution in [0.15, 0.2) is 48.5 Å². The average Bonchev–Trinajstić information content (AvgIpc) is 2.49. The Morgan fingerprint density at radius 3 is 2.67 bits per heavy atom. The highest BCUT2D eigenvalue weighted by Crippen LogP contribution is 2.18. The van der Waals surface area contributed by atoms with Crippen molar-refractivity contribution < 1.29 is 14.2 Å². The normalized spacial score (nSPS) is 12.1. The lowest BCUT2D eigenvalue weighted by molar-refractivity contribution is 0.0348. The van der Waals surface area contributed by atoms with Gasteiger partial charge in [0.1, 0.15) is 5.82 Å². The van der Waals surface area contributed by atoms with E-state index in [1.54, 1.807) is 6.07 Å². The van der Waals surface area contributed by atoms with Crippen molar-refractivity contribution in [1.29, 1.82) is 0 Å². The third-order valence-corrected chi connectivity index (χ3v) is 3.19. The van der Waals surface area contributed by atoms with Gasteiger partial charge in [0.05, 0.1) is 24.3 Å². The maximum Gasteiger partial charge on any atom is 0.143 e. The lowest BCUT2D eigenvalue weighted by atomic mass is 10.2. The molecule has 1 unspecified atom stereocenters. The van der Waals surface area contributed by atoms with Crippen molar-refractivity contribution in [2.45, 2.75) is 12.7 Å². The number of nitrogens with one attached hydrogen (secondary N) is 1. The lowest BCUT2D eigenvalue weighted by Crippen LogP contribution is -2.24. The van der Waals surface area contributed by atoms with Gasteiger partial charge in [-0.3, -0.25) is 0 Å². The quantitative estimate of drug-likeness (QED) is 0.823. The zero-order valence-corrected chi connectivity index (χ0v) is 12.2. The molecule has 0 radical (unpaired) electrons. The number of aliphatic hydroxyl groups is 1. The van der Waals surface area contributed by atoms with Crippen LogP contribution >= 0.6 is 11.6 Å². The topological polar surface area (TPSA) is 41.5 Å². The molecule has 0 aromatic heterocycles. The Kier molecular flexibility index (Phi) is 5.99. The van der Waals surface area contributed by atoms with Crippen LogP contribution in [0, 0.1) is 5.82 Å². The number of aliphatic hydroxyl groups excluding tert-OH is 1. The van der Waals surface area contributed by atoms with Crippen molar-refractivity contribution in [3.05, 3.63) is 64.9 Å². The van der Waals surface area contributed by atoms with Crippen LogP contribution in [0.3, 0.4) is 0 Å². The van der Waals surface area contributed by atoms with Gasteiger partial charge in [-0.1, -0.05) is 41.9 Å². The van der Waals surface area contributed by atoms with Crippen molar-refractivity contribution in [3.63, 3.8) is 0 Å². The van der Waals surface area contributed by atoms with Gasteiger partial charge in [0, 0.05) is 12.2 Å². The molecule has 0 heterocycles. The number of hydrogen-bond donors (Lipinski definition) is 2. The van der Waals surface area contributed by atoms with E-state index >= 15 is 0 Å². The number of hydrogen-bond acceptors (Lipinski definition) is 3. The van der Waals surface area contributed by atoms with Crippen molar-refractivity contribution in [2.75, 3.05) is 18.5 Å². The van der Waals surface area contributed by atoms with Crippen molar-refractivity contribution >= 4 is 17.3 Å². The minimum atomic E-state index is -0.674. The van der Waals surface area contributed by atoms with E-state index in [1.807, 2.05) is 30.3 Å². The van der Waals surface area contributed by atoms with Crippen molar-refractivity contribution in [1.82, 2.24) is 0 Å². The van der Waals surface area contributed by atoms with Gasteiger partial charge >= 0.3 is 0 Å². The Bertz CT molecular complexity index is 565. The maximum atomic E-state index is 13.2. The zero-order chi connectivity index (χ0) is 15.1. The van der Waals surface area contributed by atoms with Gasteiger partial charge in [-0.25, -0.2) is 4.39 Å². The highest BCUT2D eigenvalue weighted by Gasteiger charge is 2.06. The average molecular weight is 310 g/mol. The maximum absolute atomic E-state index is 13.2. The van der Waals surface area contributed by atoms with Gasteiger partial charge in [0.15, 0.2) is 0 Å². The summed E-state index contributed by atoms with van der Waals surface area (Å²) in [5.74, 6) is -0.489. The first-order chi connectivity index (χ1) is 10.1. The van der Waals surface area contributed by atoms with Gasteiger partial charge in [-0.2, -0.15) is 0 Å². The Labute approximate surface area is 128 Å². The molecule has 0 saturated heterocycles. The number of halogens is 2. The fourth-order valence-corrected chi connectivity index (χ4v) is 1.91. The highest BCUT2D eigenvalue weighted by molar-refractivity contribution is 6.30. The molecule has 0 amide bonds. The molecule has 2 aromatic carbocycles. The largest absolute Gasteiger partial charge is 0.389 e. The van der Waals surface area contributed by atoms with Crippen LogP contribution in [0.4, 0.5) is 10.1 Å². The minimum Gasteiger partial charge on any atom is -0.389 e. The summed E-state index contributed by atoms with van der Waals surface area (Å²) in [5, 5.41) is 12.8. The molecule has 0 saturated carbocycles. The first-order valence-corrected chi connectivity index (χ1v) is 7.01. The summed E-state index contributed by atoms with van der Waals surface area (Å²) in [6.45, 7) is 0.932. The molecule has 5 heteroatoms. The number of anilines is 1. The van der Waals surface area contributed by atoms with E-state index in [0.29, 0.717) is 12.3 Å². The molecule has 21 heavy (non-hydrogen) atoms. The standard InChI is InChI=1S/C16H17ClFNO2/c17-15-7-6-13(8-16(15)18)19-9-14(20)11-21-10-12-4-2-1-3-5-12/h1-8,14,19-20H,9-11H2. The van der Waals surface area contributed by atoms with Crippen LogP contribution < -0.4 is 5.32 Å². The Balaban J connectivity index is 1.69. The van der Waals surface area contributed by atoms with E-state index in [2.05, 4.69) is 5.32 Å². The van der Waals surface area contributed by atoms with Gasteiger partial charge in [0.2, 0.25) is 0 Å². The van der Waals surface area contributed by atoms with Crippen LogP contribution in [-0.4, -0.2) is 24.4 Å². The zero-order valence-electron chi connectivity index (χ0n) is 11.4. The monoisotopic (exact) mass is 309 g/mol. The third kappa shape index (κ3) is 5.34. The summed E-state index contributed by atoms with van der Waals surface area (Å²) in [4.78, 5) is 0. The Hall–Kier alpha value is -1.62. The van der Waals surface area contributed by atoms with E-state index in [9.17, 15) is 9.50 Å². The summed E-state index contributed by atoms with van der Waals surface area (Å²) in [6.07, 6.45) is -0.674. The molecule has 3 nitrogen and oxygen atoms in total. The molecule has 0 spiro atoms. The van der Waals surface area contributed by atoms with E-state index in [0.717, 1.165) is 5.56 Å². The minimum absolute atomic E-state index is 0.0762. The predicted molar refractivity (Wildman–Crippen MR) is 82.0 cm³/mol. The fraction of sp³-hybridized carbons (Fsp3) is 0.250. The molecule has 0 aliphatic carbocycles. The third-order valence-electron chi connectivity index (χ3n) is 2.88. The summed E-state index contributed by atoms with van der Waals surface area (Å²) >= 11 is 5.60. The smallest absolute Gasteiger partial charge is 0.143 e. The summed E-state index contributed by atoms with van der Waals surface area (Å²) < 4.78 is 18.7. The molecule has 0 aliphatic heterocycles. The molecule has 0 aliphatic rings. The summed E-state index contributed by atoms with van der Waals surface area (Å²) in [6, 6.07) is 14.1. The van der Waals surface area contributed by atoms with E-state index in [4.69, 9.17) is 16.3 Å².